The molecule has 0 unspecified atom stereocenters. The van der Waals surface area contributed by atoms with Gasteiger partial charge in [0.25, 0.3) is 0 Å². The first-order valence-electron chi connectivity index (χ1n) is 8.05. The fraction of sp³-hybridized carbons (Fsp3) is 0.150. The average Bonchev–Trinajstić information content (AvgIpc) is 2.98. The number of ether oxygens (including phenoxy) is 1. The summed E-state index contributed by atoms with van der Waals surface area (Å²) in [6.45, 7) is 3.85. The SMILES string of the molecule is COc1ccc2nc(C)c3c(C)nc(C#Cc4ccc(F)cc4)n3c2n1. The maximum absolute atomic E-state index is 13.1. The van der Waals surface area contributed by atoms with Crippen LogP contribution in [0.3, 0.4) is 0 Å². The standard InChI is InChI=1S/C20H15FN4O/c1-12-19-13(2)23-17(10-6-14-4-7-15(21)8-5-14)25(19)20-16(22-12)9-11-18(24-20)26-3/h4-5,7-9,11H,1-3H3. The smallest absolute Gasteiger partial charge is 0.215 e. The lowest BCUT2D eigenvalue weighted by atomic mass is 10.2. The molecular weight excluding hydrogens is 331 g/mol. The molecule has 3 heterocycles. The molecule has 0 N–H and O–H groups in total. The van der Waals surface area contributed by atoms with Gasteiger partial charge in [0.15, 0.2) is 11.5 Å². The fourth-order valence-corrected chi connectivity index (χ4v) is 2.93. The number of hydrogen-bond acceptors (Lipinski definition) is 4. The summed E-state index contributed by atoms with van der Waals surface area (Å²) >= 11 is 0. The van der Waals surface area contributed by atoms with Gasteiger partial charge < -0.3 is 4.74 Å². The lowest BCUT2D eigenvalue weighted by Crippen LogP contribution is -2.01. The normalized spacial score (nSPS) is 10.8. The van der Waals surface area contributed by atoms with Gasteiger partial charge in [0, 0.05) is 11.6 Å². The van der Waals surface area contributed by atoms with Crippen LogP contribution in [0.1, 0.15) is 22.8 Å². The van der Waals surface area contributed by atoms with Crippen LogP contribution in [0, 0.1) is 31.5 Å². The minimum atomic E-state index is -0.290. The highest BCUT2D eigenvalue weighted by Gasteiger charge is 2.15. The molecule has 5 nitrogen and oxygen atoms in total. The van der Waals surface area contributed by atoms with Crippen LogP contribution in [0.25, 0.3) is 16.7 Å². The lowest BCUT2D eigenvalue weighted by molar-refractivity contribution is 0.399. The van der Waals surface area contributed by atoms with E-state index in [4.69, 9.17) is 4.74 Å². The van der Waals surface area contributed by atoms with Crippen molar-refractivity contribution >= 4 is 16.7 Å². The molecule has 1 aromatic carbocycles. The molecule has 0 aliphatic heterocycles. The molecule has 0 saturated carbocycles. The number of hydrogen-bond donors (Lipinski definition) is 0. The third kappa shape index (κ3) is 2.64. The van der Waals surface area contributed by atoms with Crippen LogP contribution in [0.15, 0.2) is 36.4 Å². The zero-order chi connectivity index (χ0) is 18.3. The molecule has 0 spiro atoms. The average molecular weight is 346 g/mol. The molecule has 0 aliphatic carbocycles. The Morgan fingerprint density at radius 3 is 2.38 bits per heavy atom. The molecule has 0 fully saturated rings. The predicted molar refractivity (Wildman–Crippen MR) is 96.7 cm³/mol. The van der Waals surface area contributed by atoms with Crippen molar-refractivity contribution in [2.24, 2.45) is 0 Å². The second-order valence-corrected chi connectivity index (χ2v) is 5.86. The van der Waals surface area contributed by atoms with Gasteiger partial charge in [-0.2, -0.15) is 4.98 Å². The van der Waals surface area contributed by atoms with E-state index in [0.717, 1.165) is 22.4 Å². The van der Waals surface area contributed by atoms with Crippen LogP contribution in [0.2, 0.25) is 0 Å². The van der Waals surface area contributed by atoms with Gasteiger partial charge in [0.05, 0.1) is 24.0 Å². The Bertz CT molecular complexity index is 1200. The van der Waals surface area contributed by atoms with E-state index in [9.17, 15) is 4.39 Å². The number of aromatic nitrogens is 4. The molecule has 4 rings (SSSR count). The first kappa shape index (κ1) is 16.0. The number of imidazole rings is 1. The zero-order valence-electron chi connectivity index (χ0n) is 14.5. The molecule has 0 saturated heterocycles. The number of rotatable bonds is 1. The highest BCUT2D eigenvalue weighted by molar-refractivity contribution is 5.78. The first-order valence-corrected chi connectivity index (χ1v) is 8.05. The maximum Gasteiger partial charge on any atom is 0.215 e. The van der Waals surface area contributed by atoms with Crippen molar-refractivity contribution in [2.75, 3.05) is 7.11 Å². The summed E-state index contributed by atoms with van der Waals surface area (Å²) in [5.41, 5.74) is 4.63. The van der Waals surface area contributed by atoms with Crippen LogP contribution >= 0.6 is 0 Å². The number of methoxy groups -OCH3 is 1. The summed E-state index contributed by atoms with van der Waals surface area (Å²) < 4.78 is 20.2. The molecule has 0 aliphatic rings. The van der Waals surface area contributed by atoms with Gasteiger partial charge in [-0.1, -0.05) is 5.92 Å². The molecule has 0 radical (unpaired) electrons. The van der Waals surface area contributed by atoms with Gasteiger partial charge in [-0.15, -0.1) is 0 Å². The van der Waals surface area contributed by atoms with Crippen LogP contribution in [-0.2, 0) is 0 Å². The van der Waals surface area contributed by atoms with E-state index in [0.29, 0.717) is 22.9 Å². The minimum absolute atomic E-state index is 0.290. The summed E-state index contributed by atoms with van der Waals surface area (Å²) in [6.07, 6.45) is 0. The molecule has 6 heteroatoms. The molecule has 0 bridgehead atoms. The summed E-state index contributed by atoms with van der Waals surface area (Å²) in [4.78, 5) is 13.7. The minimum Gasteiger partial charge on any atom is -0.481 e. The lowest BCUT2D eigenvalue weighted by Gasteiger charge is -2.07. The number of fused-ring (bicyclic) bond motifs is 3. The van der Waals surface area contributed by atoms with E-state index in [2.05, 4.69) is 26.8 Å². The fourth-order valence-electron chi connectivity index (χ4n) is 2.93. The van der Waals surface area contributed by atoms with Crippen LogP contribution in [0.5, 0.6) is 5.88 Å². The maximum atomic E-state index is 13.1. The van der Waals surface area contributed by atoms with Crippen LogP contribution in [-0.4, -0.2) is 26.5 Å². The first-order chi connectivity index (χ1) is 12.6. The molecular formula is C20H15FN4O. The Kier molecular flexibility index (Phi) is 3.77. The summed E-state index contributed by atoms with van der Waals surface area (Å²) in [5, 5.41) is 0. The van der Waals surface area contributed by atoms with E-state index in [1.165, 1.54) is 12.1 Å². The number of aryl methyl sites for hydroxylation is 2. The number of halogens is 1. The van der Waals surface area contributed by atoms with Crippen molar-refractivity contribution in [1.29, 1.82) is 0 Å². The third-order valence-electron chi connectivity index (χ3n) is 4.10. The topological polar surface area (TPSA) is 52.3 Å². The Morgan fingerprint density at radius 1 is 0.923 bits per heavy atom. The van der Waals surface area contributed by atoms with Gasteiger partial charge in [0.1, 0.15) is 11.3 Å². The summed E-state index contributed by atoms with van der Waals surface area (Å²) in [5.74, 6) is 6.86. The van der Waals surface area contributed by atoms with Crippen molar-refractivity contribution in [3.05, 3.63) is 65.0 Å². The van der Waals surface area contributed by atoms with E-state index in [1.807, 2.05) is 24.3 Å². The van der Waals surface area contributed by atoms with E-state index in [-0.39, 0.29) is 5.82 Å². The van der Waals surface area contributed by atoms with E-state index in [1.54, 1.807) is 25.3 Å². The van der Waals surface area contributed by atoms with Gasteiger partial charge in [-0.05, 0) is 50.1 Å². The van der Waals surface area contributed by atoms with Gasteiger partial charge >= 0.3 is 0 Å². The van der Waals surface area contributed by atoms with Crippen molar-refractivity contribution in [2.45, 2.75) is 13.8 Å². The molecule has 0 atom stereocenters. The number of benzene rings is 1. The summed E-state index contributed by atoms with van der Waals surface area (Å²) in [7, 11) is 1.57. The number of nitrogens with zero attached hydrogens (tertiary/aromatic N) is 4. The van der Waals surface area contributed by atoms with Gasteiger partial charge in [0.2, 0.25) is 5.88 Å². The van der Waals surface area contributed by atoms with Crippen molar-refractivity contribution in [3.8, 4) is 17.7 Å². The predicted octanol–water partition coefficient (Wildman–Crippen LogP) is 3.44. The Balaban J connectivity index is 1.99. The Hall–Kier alpha value is -3.46. The Morgan fingerprint density at radius 2 is 1.65 bits per heavy atom. The molecule has 3 aromatic heterocycles. The highest BCUT2D eigenvalue weighted by atomic mass is 19.1. The van der Waals surface area contributed by atoms with Gasteiger partial charge in [-0.25, -0.2) is 14.4 Å². The number of pyridine rings is 1. The molecule has 128 valence electrons. The molecule has 26 heavy (non-hydrogen) atoms. The van der Waals surface area contributed by atoms with Crippen molar-refractivity contribution in [3.63, 3.8) is 0 Å². The van der Waals surface area contributed by atoms with Crippen molar-refractivity contribution in [1.82, 2.24) is 19.4 Å². The highest BCUT2D eigenvalue weighted by Crippen LogP contribution is 2.23. The van der Waals surface area contributed by atoms with Crippen LogP contribution in [0.4, 0.5) is 4.39 Å². The second-order valence-electron chi connectivity index (χ2n) is 5.86. The zero-order valence-corrected chi connectivity index (χ0v) is 14.5. The Labute approximate surface area is 149 Å². The quantitative estimate of drug-likeness (QED) is 0.496. The van der Waals surface area contributed by atoms with Gasteiger partial charge in [-0.3, -0.25) is 4.40 Å². The summed E-state index contributed by atoms with van der Waals surface area (Å²) in [6, 6.07) is 9.67. The van der Waals surface area contributed by atoms with Crippen LogP contribution < -0.4 is 4.74 Å². The van der Waals surface area contributed by atoms with E-state index < -0.39 is 0 Å². The van der Waals surface area contributed by atoms with Crippen molar-refractivity contribution < 1.29 is 9.13 Å². The monoisotopic (exact) mass is 346 g/mol. The largest absolute Gasteiger partial charge is 0.481 e. The third-order valence-corrected chi connectivity index (χ3v) is 4.10. The molecule has 4 aromatic rings. The second kappa shape index (κ2) is 6.12. The molecule has 0 amide bonds. The van der Waals surface area contributed by atoms with E-state index >= 15 is 0 Å².